The second-order valence-corrected chi connectivity index (χ2v) is 6.86. The molecule has 1 amide bonds. The van der Waals surface area contributed by atoms with E-state index in [1.807, 2.05) is 22.6 Å². The molecule has 21 heavy (non-hydrogen) atoms. The third-order valence-corrected chi connectivity index (χ3v) is 5.35. The maximum absolute atomic E-state index is 12.0. The molecule has 0 aliphatic rings. The number of aliphatic carboxylic acids is 1. The van der Waals surface area contributed by atoms with E-state index in [0.29, 0.717) is 4.43 Å². The van der Waals surface area contributed by atoms with Crippen LogP contribution in [0.3, 0.4) is 0 Å². The molecule has 7 nitrogen and oxygen atoms in total. The number of amides is 1. The van der Waals surface area contributed by atoms with Crippen molar-refractivity contribution in [1.29, 1.82) is 0 Å². The van der Waals surface area contributed by atoms with Crippen LogP contribution in [-0.2, 0) is 19.2 Å². The molecule has 10 heteroatoms. The summed E-state index contributed by atoms with van der Waals surface area (Å²) in [7, 11) is 1.54. The number of hydrogen-bond acceptors (Lipinski definition) is 6. The fourth-order valence-corrected chi connectivity index (χ4v) is 3.33. The molecular weight excluding hydrogens is 526 g/mol. The Morgan fingerprint density at radius 3 is 2.29 bits per heavy atom. The van der Waals surface area contributed by atoms with Gasteiger partial charge in [0.05, 0.1) is 10.5 Å². The van der Waals surface area contributed by atoms with Crippen LogP contribution in [0.2, 0.25) is 0 Å². The number of thioether (sulfide) groups is 1. The summed E-state index contributed by atoms with van der Waals surface area (Å²) >= 11 is 4.49. The molecule has 0 heterocycles. The fraction of sp³-hybridized carbons (Fsp3) is 0.636. The largest absolute Gasteiger partial charge is 0.481 e. The van der Waals surface area contributed by atoms with Crippen molar-refractivity contribution >= 4 is 77.7 Å². The second kappa shape index (κ2) is 11.6. The average molecular weight is 542 g/mol. The summed E-state index contributed by atoms with van der Waals surface area (Å²) in [5.74, 6) is -1.27. The van der Waals surface area contributed by atoms with Gasteiger partial charge in [-0.25, -0.2) is 0 Å². The number of rotatable bonds is 10. The van der Waals surface area contributed by atoms with Crippen LogP contribution in [0.1, 0.15) is 12.8 Å². The molecule has 0 rings (SSSR count). The van der Waals surface area contributed by atoms with Crippen LogP contribution in [0.4, 0.5) is 0 Å². The van der Waals surface area contributed by atoms with Gasteiger partial charge in [-0.2, -0.15) is 0 Å². The monoisotopic (exact) mass is 542 g/mol. The first-order chi connectivity index (χ1) is 9.81. The lowest BCUT2D eigenvalue weighted by molar-refractivity contribution is -0.137. The predicted octanol–water partition coefficient (Wildman–Crippen LogP) is 0.580. The molecule has 0 unspecified atom stereocenters. The highest BCUT2D eigenvalue weighted by Crippen LogP contribution is 2.10. The van der Waals surface area contributed by atoms with E-state index in [1.165, 1.54) is 0 Å². The van der Waals surface area contributed by atoms with Gasteiger partial charge in [-0.1, -0.05) is 34.4 Å². The standard InChI is InChI=1S/C11H16I2N2O5S/c1-14-6(2-3-8(16)17)11(20)15-7(10(13)19)5-21-9(18)4-12/h6-7,14H,2-5H2,1H3,(H,15,20)(H,16,17)/t6-,7-/m0/s1. The first-order valence-electron chi connectivity index (χ1n) is 5.92. The number of hydrogen-bond donors (Lipinski definition) is 3. The van der Waals surface area contributed by atoms with Gasteiger partial charge in [-0.3, -0.25) is 19.2 Å². The van der Waals surface area contributed by atoms with Gasteiger partial charge in [0.1, 0.15) is 6.04 Å². The zero-order chi connectivity index (χ0) is 16.4. The maximum atomic E-state index is 12.0. The molecule has 0 aromatic rings. The zero-order valence-electron chi connectivity index (χ0n) is 11.2. The van der Waals surface area contributed by atoms with Crippen molar-refractivity contribution in [3.63, 3.8) is 0 Å². The normalized spacial score (nSPS) is 13.3. The molecule has 0 aromatic heterocycles. The molecule has 0 fully saturated rings. The number of carboxylic acids is 1. The minimum absolute atomic E-state index is 0.0662. The molecule has 0 aromatic carbocycles. The summed E-state index contributed by atoms with van der Waals surface area (Å²) in [5, 5.41) is 13.8. The Bertz CT molecular complexity index is 408. The molecule has 3 N–H and O–H groups in total. The van der Waals surface area contributed by atoms with Gasteiger partial charge in [-0.15, -0.1) is 0 Å². The van der Waals surface area contributed by atoms with E-state index in [0.717, 1.165) is 11.8 Å². The SMILES string of the molecule is CN[C@@H](CCC(=O)O)C(=O)N[C@@H](CSC(=O)CI)C(=O)I. The Morgan fingerprint density at radius 1 is 1.24 bits per heavy atom. The Hall–Kier alpha value is 0.0500. The quantitative estimate of drug-likeness (QED) is 0.211. The van der Waals surface area contributed by atoms with Crippen LogP contribution in [0, 0.1) is 0 Å². The minimum atomic E-state index is -0.993. The van der Waals surface area contributed by atoms with E-state index in [4.69, 9.17) is 5.11 Å². The van der Waals surface area contributed by atoms with Gasteiger partial charge in [0.15, 0.2) is 5.12 Å². The van der Waals surface area contributed by atoms with Crippen LogP contribution in [0.25, 0.3) is 0 Å². The number of carbonyl (C=O) groups excluding carboxylic acids is 3. The third-order valence-electron chi connectivity index (χ3n) is 2.42. The first kappa shape index (κ1) is 21.0. The highest BCUT2D eigenvalue weighted by molar-refractivity contribution is 14.1. The molecule has 0 saturated heterocycles. The predicted molar refractivity (Wildman–Crippen MR) is 97.0 cm³/mol. The van der Waals surface area contributed by atoms with E-state index >= 15 is 0 Å². The maximum Gasteiger partial charge on any atom is 0.303 e. The van der Waals surface area contributed by atoms with Crippen molar-refractivity contribution < 1.29 is 24.3 Å². The topological polar surface area (TPSA) is 113 Å². The van der Waals surface area contributed by atoms with Crippen LogP contribution < -0.4 is 10.6 Å². The van der Waals surface area contributed by atoms with Crippen molar-refractivity contribution in [3.05, 3.63) is 0 Å². The lowest BCUT2D eigenvalue weighted by Crippen LogP contribution is -2.49. The van der Waals surface area contributed by atoms with Crippen molar-refractivity contribution in [2.75, 3.05) is 17.2 Å². The Balaban J connectivity index is 4.53. The fourth-order valence-electron chi connectivity index (χ4n) is 1.33. The smallest absolute Gasteiger partial charge is 0.303 e. The van der Waals surface area contributed by atoms with Crippen LogP contribution in [0.5, 0.6) is 0 Å². The summed E-state index contributed by atoms with van der Waals surface area (Å²) in [5.41, 5.74) is 0. The third kappa shape index (κ3) is 9.63. The van der Waals surface area contributed by atoms with E-state index in [9.17, 15) is 19.2 Å². The number of nitrogens with one attached hydrogen (secondary N) is 2. The molecule has 0 radical (unpaired) electrons. The van der Waals surface area contributed by atoms with E-state index < -0.39 is 24.0 Å². The van der Waals surface area contributed by atoms with Crippen LogP contribution in [0.15, 0.2) is 0 Å². The number of carbonyl (C=O) groups is 4. The highest BCUT2D eigenvalue weighted by Gasteiger charge is 2.24. The van der Waals surface area contributed by atoms with Crippen LogP contribution in [-0.4, -0.2) is 55.2 Å². The Labute approximate surface area is 154 Å². The first-order valence-corrected chi connectivity index (χ1v) is 9.51. The summed E-state index contributed by atoms with van der Waals surface area (Å²) in [6, 6.07) is -1.46. The molecular formula is C11H16I2N2O5S. The molecule has 0 aliphatic carbocycles. The molecule has 0 bridgehead atoms. The molecule has 2 atom stereocenters. The van der Waals surface area contributed by atoms with Crippen molar-refractivity contribution in [1.82, 2.24) is 10.6 Å². The Morgan fingerprint density at radius 2 is 1.86 bits per heavy atom. The lowest BCUT2D eigenvalue weighted by Gasteiger charge is -2.19. The summed E-state index contributed by atoms with van der Waals surface area (Å²) in [6.07, 6.45) is -0.0243. The van der Waals surface area contributed by atoms with Gasteiger partial charge in [0.25, 0.3) is 0 Å². The second-order valence-electron chi connectivity index (χ2n) is 3.96. The van der Waals surface area contributed by atoms with Gasteiger partial charge in [0.2, 0.25) is 9.70 Å². The zero-order valence-corrected chi connectivity index (χ0v) is 16.4. The molecule has 0 saturated carbocycles. The summed E-state index contributed by atoms with van der Waals surface area (Å²) in [4.78, 5) is 45.3. The molecule has 0 aliphatic heterocycles. The van der Waals surface area contributed by atoms with Crippen molar-refractivity contribution in [2.24, 2.45) is 0 Å². The van der Waals surface area contributed by atoms with Gasteiger partial charge in [-0.05, 0) is 13.5 Å². The number of halogens is 2. The highest BCUT2D eigenvalue weighted by atomic mass is 127. The average Bonchev–Trinajstić information content (AvgIpc) is 2.42. The Kier molecular flexibility index (Phi) is 11.6. The lowest BCUT2D eigenvalue weighted by atomic mass is 10.1. The van der Waals surface area contributed by atoms with Gasteiger partial charge < -0.3 is 15.7 Å². The number of carboxylic acid groups (broad SMARTS) is 1. The number of alkyl halides is 1. The number of likely N-dealkylation sites (N-methyl/N-ethyl adjacent to an activating group) is 1. The van der Waals surface area contributed by atoms with Gasteiger partial charge >= 0.3 is 5.97 Å². The summed E-state index contributed by atoms with van der Waals surface area (Å²) < 4.78 is 0.0545. The molecule has 0 spiro atoms. The van der Waals surface area contributed by atoms with Crippen molar-refractivity contribution in [3.8, 4) is 0 Å². The van der Waals surface area contributed by atoms with Crippen molar-refractivity contribution in [2.45, 2.75) is 24.9 Å². The van der Waals surface area contributed by atoms with Gasteiger partial charge in [0, 0.05) is 34.8 Å². The van der Waals surface area contributed by atoms with Crippen LogP contribution >= 0.6 is 56.9 Å². The summed E-state index contributed by atoms with van der Waals surface area (Å²) in [6.45, 7) is 0. The minimum Gasteiger partial charge on any atom is -0.481 e. The van der Waals surface area contributed by atoms with E-state index in [-0.39, 0.29) is 27.5 Å². The van der Waals surface area contributed by atoms with E-state index in [2.05, 4.69) is 10.6 Å². The molecule has 120 valence electrons. The van der Waals surface area contributed by atoms with E-state index in [1.54, 1.807) is 29.6 Å².